The lowest BCUT2D eigenvalue weighted by Crippen LogP contribution is -2.51. The zero-order valence-electron chi connectivity index (χ0n) is 14.0. The Balaban J connectivity index is 1.68. The molecule has 1 aromatic carbocycles. The molecule has 1 aliphatic heterocycles. The van der Waals surface area contributed by atoms with Crippen LogP contribution in [0, 0.1) is 0 Å². The number of likely N-dealkylation sites (N-methyl/N-ethyl adjacent to an activating group) is 1. The second kappa shape index (κ2) is 8.86. The number of nitrogens with zero attached hydrogens (tertiary/aromatic N) is 3. The molecule has 6 heteroatoms. The number of β-amino-alcohol motifs (C(OH)–C–C–N with tert-alkyl or cyclic N) is 1. The fourth-order valence-electron chi connectivity index (χ4n) is 2.70. The van der Waals surface area contributed by atoms with Crippen molar-refractivity contribution in [1.82, 2.24) is 14.7 Å². The first-order chi connectivity index (χ1) is 11.0. The van der Waals surface area contributed by atoms with Gasteiger partial charge in [0.2, 0.25) is 0 Å². The van der Waals surface area contributed by atoms with Gasteiger partial charge in [0.15, 0.2) is 0 Å². The molecule has 1 N–H and O–H groups in total. The maximum Gasteiger partial charge on any atom is 0.410 e. The molecule has 1 aliphatic rings. The van der Waals surface area contributed by atoms with Crippen molar-refractivity contribution in [2.75, 3.05) is 53.4 Å². The van der Waals surface area contributed by atoms with Gasteiger partial charge in [-0.3, -0.25) is 4.90 Å². The molecule has 0 spiro atoms. The molecule has 1 unspecified atom stereocenters. The summed E-state index contributed by atoms with van der Waals surface area (Å²) in [4.78, 5) is 18.0. The van der Waals surface area contributed by atoms with Gasteiger partial charge in [0.05, 0.1) is 6.10 Å². The van der Waals surface area contributed by atoms with E-state index < -0.39 is 0 Å². The highest BCUT2D eigenvalue weighted by Crippen LogP contribution is 2.07. The first-order valence-corrected chi connectivity index (χ1v) is 8.05. The summed E-state index contributed by atoms with van der Waals surface area (Å²) in [5.41, 5.74) is 0.992. The molecule has 0 bridgehead atoms. The second-order valence-corrected chi connectivity index (χ2v) is 6.24. The Morgan fingerprint density at radius 1 is 1.22 bits per heavy atom. The molecule has 2 rings (SSSR count). The van der Waals surface area contributed by atoms with Gasteiger partial charge in [-0.1, -0.05) is 30.3 Å². The van der Waals surface area contributed by atoms with Crippen molar-refractivity contribution in [2.45, 2.75) is 12.7 Å². The number of carbonyl (C=O) groups is 1. The number of piperazine rings is 1. The van der Waals surface area contributed by atoms with E-state index in [1.165, 1.54) is 0 Å². The topological polar surface area (TPSA) is 56.2 Å². The monoisotopic (exact) mass is 321 g/mol. The Hall–Kier alpha value is -1.63. The van der Waals surface area contributed by atoms with Crippen LogP contribution in [0.1, 0.15) is 5.56 Å². The molecular formula is C17H27N3O3. The van der Waals surface area contributed by atoms with Crippen LogP contribution in [0.25, 0.3) is 0 Å². The number of benzene rings is 1. The number of aliphatic hydroxyl groups excluding tert-OH is 1. The molecule has 0 aromatic heterocycles. The van der Waals surface area contributed by atoms with Crippen LogP contribution in [0.15, 0.2) is 30.3 Å². The molecule has 0 aliphatic carbocycles. The first-order valence-electron chi connectivity index (χ1n) is 8.05. The van der Waals surface area contributed by atoms with Crippen molar-refractivity contribution < 1.29 is 14.6 Å². The number of hydrogen-bond acceptors (Lipinski definition) is 5. The van der Waals surface area contributed by atoms with E-state index in [0.717, 1.165) is 18.7 Å². The fraction of sp³-hybridized carbons (Fsp3) is 0.588. The highest BCUT2D eigenvalue weighted by atomic mass is 16.6. The molecule has 1 amide bonds. The zero-order chi connectivity index (χ0) is 16.7. The van der Waals surface area contributed by atoms with Gasteiger partial charge in [-0.25, -0.2) is 4.79 Å². The maximum absolute atomic E-state index is 12.1. The van der Waals surface area contributed by atoms with Crippen molar-refractivity contribution in [3.63, 3.8) is 0 Å². The molecule has 0 radical (unpaired) electrons. The predicted molar refractivity (Wildman–Crippen MR) is 89.2 cm³/mol. The maximum atomic E-state index is 12.1. The van der Waals surface area contributed by atoms with E-state index in [-0.39, 0.29) is 12.2 Å². The van der Waals surface area contributed by atoms with E-state index in [4.69, 9.17) is 4.74 Å². The lowest BCUT2D eigenvalue weighted by Gasteiger charge is -2.35. The standard InChI is InChI=1S/C17H27N3O3/c1-18(2)12-16(21)13-19-8-10-20(11-9-19)17(22)23-14-15-6-4-3-5-7-15/h3-7,16,21H,8-14H2,1-2H3. The van der Waals surface area contributed by atoms with Gasteiger partial charge in [0.1, 0.15) is 6.61 Å². The number of rotatable bonds is 6. The highest BCUT2D eigenvalue weighted by Gasteiger charge is 2.23. The molecule has 6 nitrogen and oxygen atoms in total. The number of carbonyl (C=O) groups excluding carboxylic acids is 1. The van der Waals surface area contributed by atoms with Crippen LogP contribution in [0.5, 0.6) is 0 Å². The zero-order valence-corrected chi connectivity index (χ0v) is 14.0. The Bertz CT molecular complexity index is 473. The Morgan fingerprint density at radius 2 is 1.87 bits per heavy atom. The third-order valence-electron chi connectivity index (χ3n) is 3.88. The molecule has 1 fully saturated rings. The van der Waals surface area contributed by atoms with E-state index in [2.05, 4.69) is 4.90 Å². The van der Waals surface area contributed by atoms with Gasteiger partial charge in [0.25, 0.3) is 0 Å². The fourth-order valence-corrected chi connectivity index (χ4v) is 2.70. The van der Waals surface area contributed by atoms with Crippen molar-refractivity contribution >= 4 is 6.09 Å². The summed E-state index contributed by atoms with van der Waals surface area (Å²) in [5, 5.41) is 9.97. The van der Waals surface area contributed by atoms with Crippen LogP contribution in [0.2, 0.25) is 0 Å². The lowest BCUT2D eigenvalue weighted by molar-refractivity contribution is 0.0469. The Kier molecular flexibility index (Phi) is 6.83. The molecule has 128 valence electrons. The van der Waals surface area contributed by atoms with Crippen LogP contribution in [0.4, 0.5) is 4.79 Å². The van der Waals surface area contributed by atoms with Crippen LogP contribution in [0.3, 0.4) is 0 Å². The smallest absolute Gasteiger partial charge is 0.410 e. The van der Waals surface area contributed by atoms with Crippen LogP contribution < -0.4 is 0 Å². The average molecular weight is 321 g/mol. The number of hydrogen-bond donors (Lipinski definition) is 1. The number of aliphatic hydroxyl groups is 1. The van der Waals surface area contributed by atoms with Gasteiger partial charge < -0.3 is 19.6 Å². The van der Waals surface area contributed by atoms with Gasteiger partial charge in [0, 0.05) is 39.3 Å². The molecule has 1 atom stereocenters. The average Bonchev–Trinajstić information content (AvgIpc) is 2.53. The Labute approximate surface area is 138 Å². The summed E-state index contributed by atoms with van der Waals surface area (Å²) in [5.74, 6) is 0. The molecule has 1 aromatic rings. The summed E-state index contributed by atoms with van der Waals surface area (Å²) in [6.45, 7) is 4.42. The summed E-state index contributed by atoms with van der Waals surface area (Å²) < 4.78 is 5.35. The largest absolute Gasteiger partial charge is 0.445 e. The number of ether oxygens (including phenoxy) is 1. The van der Waals surface area contributed by atoms with Gasteiger partial charge in [-0.05, 0) is 19.7 Å². The minimum absolute atomic E-state index is 0.262. The molecule has 0 saturated carbocycles. The molecular weight excluding hydrogens is 294 g/mol. The van der Waals surface area contributed by atoms with Crippen LogP contribution >= 0.6 is 0 Å². The van der Waals surface area contributed by atoms with Crippen molar-refractivity contribution in [3.8, 4) is 0 Å². The number of amides is 1. The summed E-state index contributed by atoms with van der Waals surface area (Å²) in [7, 11) is 3.90. The van der Waals surface area contributed by atoms with E-state index in [0.29, 0.717) is 32.8 Å². The van der Waals surface area contributed by atoms with Gasteiger partial charge in [-0.15, -0.1) is 0 Å². The van der Waals surface area contributed by atoms with Gasteiger partial charge >= 0.3 is 6.09 Å². The third-order valence-corrected chi connectivity index (χ3v) is 3.88. The normalized spacial score (nSPS) is 17.3. The molecule has 23 heavy (non-hydrogen) atoms. The highest BCUT2D eigenvalue weighted by molar-refractivity contribution is 5.67. The lowest BCUT2D eigenvalue weighted by atomic mass is 10.2. The quantitative estimate of drug-likeness (QED) is 0.842. The van der Waals surface area contributed by atoms with Crippen molar-refractivity contribution in [1.29, 1.82) is 0 Å². The van der Waals surface area contributed by atoms with Crippen molar-refractivity contribution in [3.05, 3.63) is 35.9 Å². The minimum Gasteiger partial charge on any atom is -0.445 e. The van der Waals surface area contributed by atoms with E-state index in [1.54, 1.807) is 4.90 Å². The third kappa shape index (κ3) is 6.17. The van der Waals surface area contributed by atoms with E-state index in [9.17, 15) is 9.90 Å². The van der Waals surface area contributed by atoms with Crippen LogP contribution in [-0.4, -0.2) is 85.4 Å². The summed E-state index contributed by atoms with van der Waals surface area (Å²) >= 11 is 0. The molecule has 1 saturated heterocycles. The van der Waals surface area contributed by atoms with E-state index in [1.807, 2.05) is 49.3 Å². The van der Waals surface area contributed by atoms with E-state index >= 15 is 0 Å². The van der Waals surface area contributed by atoms with Crippen molar-refractivity contribution in [2.24, 2.45) is 0 Å². The van der Waals surface area contributed by atoms with Crippen LogP contribution in [-0.2, 0) is 11.3 Å². The summed E-state index contributed by atoms with van der Waals surface area (Å²) in [6, 6.07) is 9.69. The first kappa shape index (κ1) is 17.7. The minimum atomic E-state index is -0.360. The van der Waals surface area contributed by atoms with Gasteiger partial charge in [-0.2, -0.15) is 0 Å². The SMILES string of the molecule is CN(C)CC(O)CN1CCN(C(=O)OCc2ccccc2)CC1. The second-order valence-electron chi connectivity index (χ2n) is 6.24. The predicted octanol–water partition coefficient (Wildman–Crippen LogP) is 0.863. The molecule has 1 heterocycles. The summed E-state index contributed by atoms with van der Waals surface area (Å²) in [6.07, 6.45) is -0.621. The Morgan fingerprint density at radius 3 is 2.48 bits per heavy atom.